The lowest BCUT2D eigenvalue weighted by molar-refractivity contribution is 0.393. The van der Waals surface area contributed by atoms with E-state index in [0.717, 1.165) is 6.07 Å². The SMILES string of the molecule is O=S(=O)(O)C(c1ccc(Cl)cc1Cl)(c1ccc(Cl)cc1Cl)c1cccc(O)c1O. The normalized spacial score (nSPS) is 12.2. The van der Waals surface area contributed by atoms with Gasteiger partial charge in [0.05, 0.1) is 0 Å². The van der Waals surface area contributed by atoms with Gasteiger partial charge in [-0.25, -0.2) is 0 Å². The largest absolute Gasteiger partial charge is 0.504 e. The number of hydrogen-bond donors (Lipinski definition) is 3. The first-order valence-electron chi connectivity index (χ1n) is 7.89. The van der Waals surface area contributed by atoms with Crippen molar-refractivity contribution < 1.29 is 23.2 Å². The summed E-state index contributed by atoms with van der Waals surface area (Å²) < 4.78 is 33.9. The van der Waals surface area contributed by atoms with E-state index in [0.29, 0.717) is 0 Å². The van der Waals surface area contributed by atoms with Crippen LogP contribution in [0.3, 0.4) is 0 Å². The van der Waals surface area contributed by atoms with E-state index in [2.05, 4.69) is 0 Å². The Bertz CT molecular complexity index is 1160. The lowest BCUT2D eigenvalue weighted by Gasteiger charge is -2.34. The molecule has 3 aromatic rings. The molecule has 0 aliphatic rings. The van der Waals surface area contributed by atoms with Gasteiger partial charge in [0.25, 0.3) is 10.1 Å². The molecule has 0 amide bonds. The summed E-state index contributed by atoms with van der Waals surface area (Å²) in [4.78, 5) is 0. The fourth-order valence-corrected chi connectivity index (χ4v) is 5.78. The van der Waals surface area contributed by atoms with E-state index in [1.54, 1.807) is 0 Å². The van der Waals surface area contributed by atoms with Crippen LogP contribution < -0.4 is 0 Å². The third-order valence-corrected chi connectivity index (χ3v) is 6.93. The van der Waals surface area contributed by atoms with Crippen LogP contribution in [0.2, 0.25) is 20.1 Å². The third-order valence-electron chi connectivity index (χ3n) is 4.40. The molecule has 5 nitrogen and oxygen atoms in total. The first-order valence-corrected chi connectivity index (χ1v) is 10.8. The zero-order valence-electron chi connectivity index (χ0n) is 14.3. The maximum Gasteiger partial charge on any atom is 0.283 e. The average molecular weight is 494 g/mol. The smallest absolute Gasteiger partial charge is 0.283 e. The molecule has 0 aliphatic carbocycles. The Hall–Kier alpha value is -1.67. The predicted molar refractivity (Wildman–Crippen MR) is 114 cm³/mol. The van der Waals surface area contributed by atoms with E-state index in [1.807, 2.05) is 0 Å². The molecule has 3 rings (SSSR count). The summed E-state index contributed by atoms with van der Waals surface area (Å²) in [5.74, 6) is -1.38. The van der Waals surface area contributed by atoms with Crippen LogP contribution in [0.5, 0.6) is 11.5 Å². The monoisotopic (exact) mass is 492 g/mol. The molecule has 29 heavy (non-hydrogen) atoms. The molecular weight excluding hydrogens is 482 g/mol. The van der Waals surface area contributed by atoms with Crippen molar-refractivity contribution in [3.63, 3.8) is 0 Å². The quantitative estimate of drug-likeness (QED) is 0.239. The molecule has 0 heterocycles. The highest BCUT2D eigenvalue weighted by atomic mass is 35.5. The molecule has 0 atom stereocenters. The maximum absolute atomic E-state index is 13.0. The highest BCUT2D eigenvalue weighted by molar-refractivity contribution is 7.87. The van der Waals surface area contributed by atoms with E-state index in [-0.39, 0.29) is 36.8 Å². The molecule has 152 valence electrons. The number of benzene rings is 3. The van der Waals surface area contributed by atoms with Gasteiger partial charge in [0.2, 0.25) is 0 Å². The molecule has 3 N–H and O–H groups in total. The number of phenolic OH excluding ortho intramolecular Hbond substituents is 2. The second kappa shape index (κ2) is 7.87. The van der Waals surface area contributed by atoms with E-state index in [9.17, 15) is 23.2 Å². The summed E-state index contributed by atoms with van der Waals surface area (Å²) in [6.07, 6.45) is 0. The Kier molecular flexibility index (Phi) is 5.98. The van der Waals surface area contributed by atoms with Gasteiger partial charge in [0.1, 0.15) is 0 Å². The fourth-order valence-electron chi connectivity index (χ4n) is 3.22. The van der Waals surface area contributed by atoms with Crippen LogP contribution in [-0.2, 0) is 14.9 Å². The maximum atomic E-state index is 13.0. The van der Waals surface area contributed by atoms with Gasteiger partial charge in [-0.15, -0.1) is 0 Å². The number of hydrogen-bond acceptors (Lipinski definition) is 4. The lowest BCUT2D eigenvalue weighted by atomic mass is 9.83. The molecule has 10 heteroatoms. The highest BCUT2D eigenvalue weighted by Crippen LogP contribution is 2.52. The third kappa shape index (κ3) is 3.65. The Balaban J connectivity index is 2.63. The lowest BCUT2D eigenvalue weighted by Crippen LogP contribution is -2.39. The Morgan fingerprint density at radius 3 is 1.62 bits per heavy atom. The van der Waals surface area contributed by atoms with Gasteiger partial charge in [0, 0.05) is 36.8 Å². The molecular formula is C19H12Cl4O5S. The number of halogens is 4. The van der Waals surface area contributed by atoms with Crippen LogP contribution in [0.15, 0.2) is 54.6 Å². The van der Waals surface area contributed by atoms with Crippen molar-refractivity contribution in [3.05, 3.63) is 91.4 Å². The molecule has 0 fully saturated rings. The van der Waals surface area contributed by atoms with E-state index >= 15 is 0 Å². The van der Waals surface area contributed by atoms with Crippen LogP contribution in [0.4, 0.5) is 0 Å². The summed E-state index contributed by atoms with van der Waals surface area (Å²) in [6, 6.07) is 11.5. The average Bonchev–Trinajstić information content (AvgIpc) is 2.60. The second-order valence-electron chi connectivity index (χ2n) is 6.08. The van der Waals surface area contributed by atoms with Crippen molar-refractivity contribution in [1.82, 2.24) is 0 Å². The van der Waals surface area contributed by atoms with Gasteiger partial charge in [0.15, 0.2) is 16.2 Å². The molecule has 3 aromatic carbocycles. The first-order chi connectivity index (χ1) is 13.5. The molecule has 0 aliphatic heterocycles. The standard InChI is InChI=1S/C19H12Cl4O5S/c20-10-4-6-12(15(22)8-10)19(29(26,27)28,13-7-5-11(21)9-16(13)23)14-2-1-3-17(24)18(14)25/h1-9,24-25H,(H,26,27,28). The molecule has 0 unspecified atom stereocenters. The van der Waals surface area contributed by atoms with Crippen LogP contribution in [-0.4, -0.2) is 23.2 Å². The van der Waals surface area contributed by atoms with Gasteiger partial charge < -0.3 is 10.2 Å². The predicted octanol–water partition coefficient (Wildman–Crippen LogP) is 5.89. The minimum atomic E-state index is -5.12. The van der Waals surface area contributed by atoms with Gasteiger partial charge in [-0.1, -0.05) is 70.7 Å². The van der Waals surface area contributed by atoms with E-state index in [1.165, 1.54) is 48.5 Å². The van der Waals surface area contributed by atoms with Crippen molar-refractivity contribution in [2.45, 2.75) is 4.75 Å². The fraction of sp³-hybridized carbons (Fsp3) is 0.0526. The summed E-state index contributed by atoms with van der Waals surface area (Å²) in [7, 11) is -5.12. The van der Waals surface area contributed by atoms with Crippen LogP contribution in [0.25, 0.3) is 0 Å². The second-order valence-corrected chi connectivity index (χ2v) is 9.33. The molecule has 0 spiro atoms. The van der Waals surface area contributed by atoms with Crippen molar-refractivity contribution >= 4 is 56.5 Å². The van der Waals surface area contributed by atoms with Crippen LogP contribution in [0.1, 0.15) is 16.7 Å². The molecule has 0 saturated heterocycles. The van der Waals surface area contributed by atoms with Crippen LogP contribution >= 0.6 is 46.4 Å². The van der Waals surface area contributed by atoms with Gasteiger partial charge in [-0.3, -0.25) is 4.55 Å². The van der Waals surface area contributed by atoms with Crippen molar-refractivity contribution in [2.24, 2.45) is 0 Å². The summed E-state index contributed by atoms with van der Waals surface area (Å²) in [5, 5.41) is 20.7. The highest BCUT2D eigenvalue weighted by Gasteiger charge is 2.52. The first kappa shape index (κ1) is 22.0. The van der Waals surface area contributed by atoms with Gasteiger partial charge in [-0.2, -0.15) is 8.42 Å². The molecule has 0 radical (unpaired) electrons. The number of phenols is 2. The molecule has 0 bridgehead atoms. The van der Waals surface area contributed by atoms with Gasteiger partial charge in [-0.05, 0) is 30.3 Å². The van der Waals surface area contributed by atoms with E-state index < -0.39 is 26.4 Å². The van der Waals surface area contributed by atoms with Gasteiger partial charge >= 0.3 is 0 Å². The number of para-hydroxylation sites is 1. The molecule has 0 saturated carbocycles. The Morgan fingerprint density at radius 1 is 0.724 bits per heavy atom. The summed E-state index contributed by atoms with van der Waals surface area (Å²) in [6.45, 7) is 0. The minimum absolute atomic E-state index is 0.121. The Labute approximate surface area is 186 Å². The number of rotatable bonds is 4. The van der Waals surface area contributed by atoms with Crippen molar-refractivity contribution in [2.75, 3.05) is 0 Å². The topological polar surface area (TPSA) is 94.8 Å². The summed E-state index contributed by atoms with van der Waals surface area (Å²) in [5.41, 5.74) is -0.652. The Morgan fingerprint density at radius 2 is 1.21 bits per heavy atom. The van der Waals surface area contributed by atoms with Crippen LogP contribution in [0, 0.1) is 0 Å². The molecule has 0 aromatic heterocycles. The van der Waals surface area contributed by atoms with E-state index in [4.69, 9.17) is 46.4 Å². The van der Waals surface area contributed by atoms with Crippen molar-refractivity contribution in [1.29, 1.82) is 0 Å². The summed E-state index contributed by atoms with van der Waals surface area (Å²) >= 11 is 24.5. The van der Waals surface area contributed by atoms with Crippen molar-refractivity contribution in [3.8, 4) is 11.5 Å². The number of aromatic hydroxyl groups is 2. The zero-order chi connectivity index (χ0) is 21.6. The zero-order valence-corrected chi connectivity index (χ0v) is 18.1. The minimum Gasteiger partial charge on any atom is -0.504 e.